The number of aryl methyl sites for hydroxylation is 2. The molecule has 2 N–H and O–H groups in total. The standard InChI is InChI=1S/C25H37O7P/c1-8-21(9-2)33(27,28)32-31-20-12-17(5)24(18(6)13-20)25(26)19-10-11-23(30-15-29-7)22(14-19)16(3)4/h10-14,16,21,25-26H,8-9,15H2,1-7H3,(H,27,28). The third-order valence-electron chi connectivity index (χ3n) is 5.79. The first-order valence-electron chi connectivity index (χ1n) is 11.3. The first kappa shape index (κ1) is 27.4. The fraction of sp³-hybridized carbons (Fsp3) is 0.520. The van der Waals surface area contributed by atoms with Crippen molar-refractivity contribution in [2.24, 2.45) is 0 Å². The molecule has 2 aromatic carbocycles. The van der Waals surface area contributed by atoms with Crippen LogP contribution in [0.4, 0.5) is 0 Å². The Morgan fingerprint density at radius 1 is 1.03 bits per heavy atom. The van der Waals surface area contributed by atoms with Gasteiger partial charge < -0.3 is 24.4 Å². The molecule has 0 heterocycles. The van der Waals surface area contributed by atoms with Crippen LogP contribution < -0.4 is 9.62 Å². The minimum atomic E-state index is -3.90. The molecule has 0 aliphatic rings. The molecule has 0 bridgehead atoms. The average Bonchev–Trinajstić information content (AvgIpc) is 2.76. The van der Waals surface area contributed by atoms with Crippen LogP contribution in [-0.2, 0) is 14.0 Å². The number of rotatable bonds is 12. The molecule has 0 aromatic heterocycles. The molecule has 0 spiro atoms. The highest BCUT2D eigenvalue weighted by atomic mass is 31.2. The largest absolute Gasteiger partial charge is 0.467 e. The maximum absolute atomic E-state index is 12.4. The number of hydrogen-bond acceptors (Lipinski definition) is 6. The number of methoxy groups -OCH3 is 1. The summed E-state index contributed by atoms with van der Waals surface area (Å²) < 4.78 is 28.0. The molecular formula is C25H37O7P. The van der Waals surface area contributed by atoms with Crippen LogP contribution in [0, 0.1) is 13.8 Å². The van der Waals surface area contributed by atoms with Crippen LogP contribution in [-0.4, -0.2) is 29.6 Å². The minimum absolute atomic E-state index is 0.154. The van der Waals surface area contributed by atoms with Crippen molar-refractivity contribution in [1.82, 2.24) is 0 Å². The molecule has 8 heteroatoms. The quantitative estimate of drug-likeness (QED) is 0.162. The summed E-state index contributed by atoms with van der Waals surface area (Å²) in [6.07, 6.45) is 0.178. The van der Waals surface area contributed by atoms with Gasteiger partial charge in [-0.05, 0) is 84.7 Å². The Hall–Kier alpha value is -1.89. The zero-order chi connectivity index (χ0) is 24.8. The van der Waals surface area contributed by atoms with E-state index in [1.165, 1.54) is 0 Å². The SMILES string of the molecule is CCC(CC)P(=O)(O)OOc1cc(C)c(C(O)c2ccc(OCOC)c(C(C)C)c2)c(C)c1. The maximum atomic E-state index is 12.4. The second-order valence-electron chi connectivity index (χ2n) is 8.57. The Morgan fingerprint density at radius 2 is 1.64 bits per heavy atom. The van der Waals surface area contributed by atoms with E-state index in [2.05, 4.69) is 13.8 Å². The van der Waals surface area contributed by atoms with Gasteiger partial charge in [0.05, 0.1) is 5.66 Å². The lowest BCUT2D eigenvalue weighted by Gasteiger charge is -2.22. The van der Waals surface area contributed by atoms with Gasteiger partial charge in [0.25, 0.3) is 0 Å². The Kier molecular flexibility index (Phi) is 9.95. The van der Waals surface area contributed by atoms with E-state index in [0.29, 0.717) is 18.6 Å². The van der Waals surface area contributed by atoms with Crippen LogP contribution in [0.15, 0.2) is 30.3 Å². The van der Waals surface area contributed by atoms with E-state index >= 15 is 0 Å². The molecule has 0 radical (unpaired) electrons. The molecule has 2 unspecified atom stereocenters. The number of aliphatic hydroxyl groups excluding tert-OH is 1. The molecule has 0 saturated heterocycles. The molecule has 0 aliphatic heterocycles. The van der Waals surface area contributed by atoms with Crippen molar-refractivity contribution in [2.45, 2.75) is 72.1 Å². The molecule has 2 aromatic rings. The molecule has 0 saturated carbocycles. The van der Waals surface area contributed by atoms with Gasteiger partial charge in [0.2, 0.25) is 0 Å². The number of hydrogen-bond donors (Lipinski definition) is 2. The first-order chi connectivity index (χ1) is 15.5. The Labute approximate surface area is 197 Å². The lowest BCUT2D eigenvalue weighted by molar-refractivity contribution is -0.111. The molecule has 33 heavy (non-hydrogen) atoms. The number of ether oxygens (including phenoxy) is 2. The van der Waals surface area contributed by atoms with Crippen LogP contribution in [0.2, 0.25) is 0 Å². The van der Waals surface area contributed by atoms with Crippen LogP contribution in [0.25, 0.3) is 0 Å². The topological polar surface area (TPSA) is 94.5 Å². The van der Waals surface area contributed by atoms with Gasteiger partial charge in [-0.2, -0.15) is 0 Å². The van der Waals surface area contributed by atoms with Gasteiger partial charge >= 0.3 is 7.60 Å². The molecule has 0 aliphatic carbocycles. The van der Waals surface area contributed by atoms with Crippen LogP contribution in [0.5, 0.6) is 11.5 Å². The van der Waals surface area contributed by atoms with E-state index in [9.17, 15) is 14.6 Å². The van der Waals surface area contributed by atoms with Gasteiger partial charge in [0, 0.05) is 7.11 Å². The molecule has 7 nitrogen and oxygen atoms in total. The number of aliphatic hydroxyl groups is 1. The molecule has 184 valence electrons. The fourth-order valence-electron chi connectivity index (χ4n) is 3.93. The van der Waals surface area contributed by atoms with Gasteiger partial charge in [-0.3, -0.25) is 4.57 Å². The van der Waals surface area contributed by atoms with Crippen molar-refractivity contribution in [3.05, 3.63) is 58.1 Å². The molecule has 2 rings (SSSR count). The van der Waals surface area contributed by atoms with Crippen LogP contribution in [0.3, 0.4) is 0 Å². The minimum Gasteiger partial charge on any atom is -0.467 e. The van der Waals surface area contributed by atoms with Crippen LogP contribution >= 0.6 is 7.60 Å². The summed E-state index contributed by atoms with van der Waals surface area (Å²) in [5.74, 6) is 1.23. The zero-order valence-corrected chi connectivity index (χ0v) is 21.5. The molecule has 0 fully saturated rings. The summed E-state index contributed by atoms with van der Waals surface area (Å²) in [6.45, 7) is 11.7. The first-order valence-corrected chi connectivity index (χ1v) is 12.9. The highest BCUT2D eigenvalue weighted by molar-refractivity contribution is 7.53. The van der Waals surface area contributed by atoms with E-state index < -0.39 is 19.4 Å². The van der Waals surface area contributed by atoms with Crippen molar-refractivity contribution in [3.63, 3.8) is 0 Å². The van der Waals surface area contributed by atoms with Crippen molar-refractivity contribution >= 4 is 7.60 Å². The fourth-order valence-corrected chi connectivity index (χ4v) is 5.17. The lowest BCUT2D eigenvalue weighted by Crippen LogP contribution is -2.11. The summed E-state index contributed by atoms with van der Waals surface area (Å²) in [4.78, 5) is 15.4. The van der Waals surface area contributed by atoms with Gasteiger partial charge in [0.15, 0.2) is 12.5 Å². The summed E-state index contributed by atoms with van der Waals surface area (Å²) in [6, 6.07) is 9.02. The highest BCUT2D eigenvalue weighted by Crippen LogP contribution is 2.50. The van der Waals surface area contributed by atoms with E-state index in [1.54, 1.807) is 19.2 Å². The smallest absolute Gasteiger partial charge is 0.369 e. The van der Waals surface area contributed by atoms with Gasteiger partial charge in [-0.1, -0.05) is 38.4 Å². The predicted octanol–water partition coefficient (Wildman–Crippen LogP) is 6.18. The average molecular weight is 481 g/mol. The summed E-state index contributed by atoms with van der Waals surface area (Å²) in [5.41, 5.74) is 3.55. The predicted molar refractivity (Wildman–Crippen MR) is 129 cm³/mol. The zero-order valence-electron chi connectivity index (χ0n) is 20.6. The van der Waals surface area contributed by atoms with Crippen molar-refractivity contribution < 1.29 is 33.6 Å². The van der Waals surface area contributed by atoms with E-state index in [-0.39, 0.29) is 12.7 Å². The van der Waals surface area contributed by atoms with Gasteiger partial charge in [-0.15, -0.1) is 0 Å². The van der Waals surface area contributed by atoms with E-state index in [4.69, 9.17) is 19.0 Å². The summed E-state index contributed by atoms with van der Waals surface area (Å²) >= 11 is 0. The monoisotopic (exact) mass is 480 g/mol. The van der Waals surface area contributed by atoms with E-state index in [0.717, 1.165) is 33.6 Å². The van der Waals surface area contributed by atoms with Gasteiger partial charge in [0.1, 0.15) is 11.9 Å². The third-order valence-corrected chi connectivity index (χ3v) is 7.73. The highest BCUT2D eigenvalue weighted by Gasteiger charge is 2.32. The Balaban J connectivity index is 2.29. The second kappa shape index (κ2) is 12.0. The lowest BCUT2D eigenvalue weighted by atomic mass is 9.90. The third kappa shape index (κ3) is 6.81. The Morgan fingerprint density at radius 3 is 2.15 bits per heavy atom. The normalized spacial score (nSPS) is 14.4. The van der Waals surface area contributed by atoms with Gasteiger partial charge in [-0.25, -0.2) is 0 Å². The van der Waals surface area contributed by atoms with Crippen molar-refractivity contribution in [1.29, 1.82) is 0 Å². The van der Waals surface area contributed by atoms with E-state index in [1.807, 2.05) is 45.9 Å². The van der Waals surface area contributed by atoms with Crippen molar-refractivity contribution in [3.8, 4) is 11.5 Å². The van der Waals surface area contributed by atoms with Crippen molar-refractivity contribution in [2.75, 3.05) is 13.9 Å². The second-order valence-corrected chi connectivity index (χ2v) is 10.6. The van der Waals surface area contributed by atoms with Crippen LogP contribution in [0.1, 0.15) is 80.4 Å². The molecule has 2 atom stereocenters. The summed E-state index contributed by atoms with van der Waals surface area (Å²) in [5, 5.41) is 11.2. The molecular weight excluding hydrogens is 443 g/mol. The molecule has 0 amide bonds. The summed E-state index contributed by atoms with van der Waals surface area (Å²) in [7, 11) is -2.33. The Bertz CT molecular complexity index is 946. The number of benzene rings is 2. The maximum Gasteiger partial charge on any atom is 0.369 e.